The molecule has 21 heavy (non-hydrogen) atoms. The zero-order valence-corrected chi connectivity index (χ0v) is 12.1. The van der Waals surface area contributed by atoms with Crippen molar-refractivity contribution in [1.82, 2.24) is 0 Å². The molecule has 0 radical (unpaired) electrons. The van der Waals surface area contributed by atoms with Crippen LogP contribution in [0.1, 0.15) is 47.5 Å². The summed E-state index contributed by atoms with van der Waals surface area (Å²) >= 11 is 0. The number of amides is 1. The highest BCUT2D eigenvalue weighted by molar-refractivity contribution is 5.95. The molecule has 0 bridgehead atoms. The highest BCUT2D eigenvalue weighted by Crippen LogP contribution is 2.37. The molecule has 1 heterocycles. The number of carbonyl (C=O) groups excluding carboxylic acids is 2. The maximum atomic E-state index is 12.1. The fourth-order valence-electron chi connectivity index (χ4n) is 3.22. The van der Waals surface area contributed by atoms with E-state index in [-0.39, 0.29) is 12.1 Å². The van der Waals surface area contributed by atoms with Crippen LogP contribution in [0.4, 0.5) is 10.5 Å². The maximum Gasteiger partial charge on any atom is 0.414 e. The normalized spacial score (nSPS) is 18.9. The molecule has 5 heteroatoms. The topological polar surface area (TPSA) is 55.8 Å². The Morgan fingerprint density at radius 3 is 2.71 bits per heavy atom. The van der Waals surface area contributed by atoms with E-state index < -0.39 is 0 Å². The molecular formula is C16H19NO4. The van der Waals surface area contributed by atoms with Crippen LogP contribution in [0, 0.1) is 0 Å². The predicted molar refractivity (Wildman–Crippen MR) is 77.7 cm³/mol. The van der Waals surface area contributed by atoms with Gasteiger partial charge in [-0.25, -0.2) is 9.59 Å². The van der Waals surface area contributed by atoms with E-state index in [9.17, 15) is 9.59 Å². The molecule has 1 aliphatic carbocycles. The first-order valence-corrected chi connectivity index (χ1v) is 7.37. The van der Waals surface area contributed by atoms with E-state index in [1.807, 2.05) is 12.1 Å². The molecule has 0 unspecified atom stereocenters. The molecule has 0 atom stereocenters. The second-order valence-electron chi connectivity index (χ2n) is 5.51. The van der Waals surface area contributed by atoms with E-state index in [1.54, 1.807) is 11.0 Å². The van der Waals surface area contributed by atoms with Gasteiger partial charge in [0.15, 0.2) is 0 Å². The quantitative estimate of drug-likeness (QED) is 0.802. The minimum absolute atomic E-state index is 0.341. The number of benzene rings is 1. The molecule has 1 aliphatic heterocycles. The summed E-state index contributed by atoms with van der Waals surface area (Å²) in [4.78, 5) is 25.3. The van der Waals surface area contributed by atoms with Gasteiger partial charge >= 0.3 is 12.1 Å². The van der Waals surface area contributed by atoms with Crippen molar-refractivity contribution in [2.24, 2.45) is 0 Å². The Balaban J connectivity index is 1.98. The molecule has 1 saturated heterocycles. The van der Waals surface area contributed by atoms with Crippen LogP contribution in [0.25, 0.3) is 0 Å². The van der Waals surface area contributed by atoms with Gasteiger partial charge in [-0.15, -0.1) is 0 Å². The Kier molecular flexibility index (Phi) is 3.82. The van der Waals surface area contributed by atoms with E-state index in [1.165, 1.54) is 20.0 Å². The summed E-state index contributed by atoms with van der Waals surface area (Å²) in [5.74, 6) is 0.0741. The number of hydrogen-bond donors (Lipinski definition) is 0. The molecule has 0 aromatic heterocycles. The highest BCUT2D eigenvalue weighted by atomic mass is 16.6. The lowest BCUT2D eigenvalue weighted by Gasteiger charge is -2.18. The third-order valence-corrected chi connectivity index (χ3v) is 4.31. The van der Waals surface area contributed by atoms with Crippen molar-refractivity contribution in [2.45, 2.75) is 31.6 Å². The average molecular weight is 289 g/mol. The Morgan fingerprint density at radius 1 is 1.33 bits per heavy atom. The Bertz CT molecular complexity index is 563. The molecular weight excluding hydrogens is 270 g/mol. The molecule has 2 aliphatic rings. The summed E-state index contributed by atoms with van der Waals surface area (Å²) in [6.07, 6.45) is 4.25. The molecule has 1 aromatic rings. The van der Waals surface area contributed by atoms with Gasteiger partial charge in [-0.1, -0.05) is 18.9 Å². The van der Waals surface area contributed by atoms with E-state index >= 15 is 0 Å². The number of rotatable bonds is 3. The highest BCUT2D eigenvalue weighted by Gasteiger charge is 2.27. The summed E-state index contributed by atoms with van der Waals surface area (Å²) < 4.78 is 9.85. The molecule has 1 amide bonds. The molecule has 0 spiro atoms. The van der Waals surface area contributed by atoms with Crippen LogP contribution in [-0.4, -0.2) is 32.3 Å². The summed E-state index contributed by atoms with van der Waals surface area (Å²) in [5.41, 5.74) is 2.30. The fourth-order valence-corrected chi connectivity index (χ4v) is 3.22. The SMILES string of the molecule is COC(=O)c1cc(N2CCOC2=O)ccc1C1CCCC1. The zero-order valence-electron chi connectivity index (χ0n) is 12.1. The van der Waals surface area contributed by atoms with Crippen molar-refractivity contribution in [2.75, 3.05) is 25.2 Å². The Labute approximate surface area is 123 Å². The molecule has 2 fully saturated rings. The first kappa shape index (κ1) is 13.9. The lowest BCUT2D eigenvalue weighted by Crippen LogP contribution is -2.24. The molecule has 3 rings (SSSR count). The number of anilines is 1. The van der Waals surface area contributed by atoms with Gasteiger partial charge in [-0.2, -0.15) is 0 Å². The molecule has 1 saturated carbocycles. The first-order chi connectivity index (χ1) is 10.2. The monoisotopic (exact) mass is 289 g/mol. The fraction of sp³-hybridized carbons (Fsp3) is 0.500. The first-order valence-electron chi connectivity index (χ1n) is 7.37. The lowest BCUT2D eigenvalue weighted by molar-refractivity contribution is 0.0599. The third kappa shape index (κ3) is 2.60. The van der Waals surface area contributed by atoms with Crippen molar-refractivity contribution in [3.8, 4) is 0 Å². The Morgan fingerprint density at radius 2 is 2.10 bits per heavy atom. The van der Waals surface area contributed by atoms with Crippen molar-refractivity contribution >= 4 is 17.7 Å². The van der Waals surface area contributed by atoms with E-state index in [0.29, 0.717) is 30.3 Å². The van der Waals surface area contributed by atoms with Crippen molar-refractivity contribution < 1.29 is 19.1 Å². The number of ether oxygens (including phenoxy) is 2. The molecule has 0 N–H and O–H groups in total. The number of cyclic esters (lactones) is 1. The molecule has 1 aromatic carbocycles. The number of methoxy groups -OCH3 is 1. The summed E-state index contributed by atoms with van der Waals surface area (Å²) in [7, 11) is 1.39. The number of nitrogens with zero attached hydrogens (tertiary/aromatic N) is 1. The lowest BCUT2D eigenvalue weighted by atomic mass is 9.92. The van der Waals surface area contributed by atoms with Gasteiger partial charge in [0.2, 0.25) is 0 Å². The predicted octanol–water partition coefficient (Wildman–Crippen LogP) is 3.09. The van der Waals surface area contributed by atoms with Crippen LogP contribution in [0.3, 0.4) is 0 Å². The van der Waals surface area contributed by atoms with Gasteiger partial charge in [0, 0.05) is 5.69 Å². The van der Waals surface area contributed by atoms with E-state index in [4.69, 9.17) is 9.47 Å². The van der Waals surface area contributed by atoms with E-state index in [0.717, 1.165) is 18.4 Å². The van der Waals surface area contributed by atoms with Gasteiger partial charge in [0.05, 0.1) is 19.2 Å². The van der Waals surface area contributed by atoms with Crippen LogP contribution < -0.4 is 4.90 Å². The van der Waals surface area contributed by atoms with Crippen LogP contribution in [0.5, 0.6) is 0 Å². The van der Waals surface area contributed by atoms with Gasteiger partial charge in [0.1, 0.15) is 6.61 Å². The third-order valence-electron chi connectivity index (χ3n) is 4.31. The summed E-state index contributed by atoms with van der Waals surface area (Å²) in [6, 6.07) is 5.61. The van der Waals surface area contributed by atoms with Crippen molar-refractivity contribution in [3.05, 3.63) is 29.3 Å². The van der Waals surface area contributed by atoms with Gasteiger partial charge in [-0.3, -0.25) is 4.90 Å². The molecule has 112 valence electrons. The summed E-state index contributed by atoms with van der Waals surface area (Å²) in [5, 5.41) is 0. The minimum atomic E-state index is -0.362. The standard InChI is InChI=1S/C16H19NO4/c1-20-15(18)14-10-12(17-8-9-21-16(17)19)6-7-13(14)11-4-2-3-5-11/h6-7,10-11H,2-5,8-9H2,1H3. The number of carbonyl (C=O) groups is 2. The van der Waals surface area contributed by atoms with Crippen molar-refractivity contribution in [3.63, 3.8) is 0 Å². The molecule has 5 nitrogen and oxygen atoms in total. The van der Waals surface area contributed by atoms with Gasteiger partial charge < -0.3 is 9.47 Å². The maximum absolute atomic E-state index is 12.1. The number of hydrogen-bond acceptors (Lipinski definition) is 4. The second-order valence-corrected chi connectivity index (χ2v) is 5.51. The smallest absolute Gasteiger partial charge is 0.414 e. The summed E-state index contributed by atoms with van der Waals surface area (Å²) in [6.45, 7) is 0.902. The Hall–Kier alpha value is -2.04. The largest absolute Gasteiger partial charge is 0.465 e. The average Bonchev–Trinajstić information content (AvgIpc) is 3.17. The van der Waals surface area contributed by atoms with Gasteiger partial charge in [-0.05, 0) is 36.5 Å². The number of esters is 1. The van der Waals surface area contributed by atoms with Crippen LogP contribution in [-0.2, 0) is 9.47 Å². The minimum Gasteiger partial charge on any atom is -0.465 e. The van der Waals surface area contributed by atoms with E-state index in [2.05, 4.69) is 0 Å². The second kappa shape index (κ2) is 5.76. The zero-order chi connectivity index (χ0) is 14.8. The van der Waals surface area contributed by atoms with Gasteiger partial charge in [0.25, 0.3) is 0 Å². The van der Waals surface area contributed by atoms with Crippen LogP contribution >= 0.6 is 0 Å². The van der Waals surface area contributed by atoms with Crippen LogP contribution in [0.2, 0.25) is 0 Å². The van der Waals surface area contributed by atoms with Crippen molar-refractivity contribution in [1.29, 1.82) is 0 Å². The van der Waals surface area contributed by atoms with Crippen LogP contribution in [0.15, 0.2) is 18.2 Å².